The number of nitrogens with zero attached hydrogens (tertiary/aromatic N) is 1. The Morgan fingerprint density at radius 3 is 2.71 bits per heavy atom. The van der Waals surface area contributed by atoms with Crippen molar-refractivity contribution in [3.8, 4) is 11.8 Å². The van der Waals surface area contributed by atoms with Crippen LogP contribution in [0.1, 0.15) is 17.3 Å². The average Bonchev–Trinajstić information content (AvgIpc) is 2.28. The van der Waals surface area contributed by atoms with E-state index in [2.05, 4.69) is 17.2 Å². The van der Waals surface area contributed by atoms with Crippen LogP contribution in [0, 0.1) is 11.8 Å². The van der Waals surface area contributed by atoms with Crippen molar-refractivity contribution in [1.82, 2.24) is 5.32 Å². The molecule has 4 heteroatoms. The highest BCUT2D eigenvalue weighted by molar-refractivity contribution is 5.96. The van der Waals surface area contributed by atoms with Gasteiger partial charge >= 0.3 is 0 Å². The van der Waals surface area contributed by atoms with Crippen LogP contribution < -0.4 is 16.0 Å². The predicted octanol–water partition coefficient (Wildman–Crippen LogP) is 1.09. The van der Waals surface area contributed by atoms with Crippen molar-refractivity contribution in [1.29, 1.82) is 0 Å². The number of nitrogens with one attached hydrogen (secondary N) is 1. The van der Waals surface area contributed by atoms with Crippen LogP contribution >= 0.6 is 0 Å². The van der Waals surface area contributed by atoms with Gasteiger partial charge in [-0.05, 0) is 25.1 Å². The van der Waals surface area contributed by atoms with Gasteiger partial charge in [0, 0.05) is 19.7 Å². The first-order valence-electron chi connectivity index (χ1n) is 5.31. The van der Waals surface area contributed by atoms with Gasteiger partial charge in [-0.2, -0.15) is 0 Å². The molecule has 0 heterocycles. The van der Waals surface area contributed by atoms with Crippen molar-refractivity contribution in [2.75, 3.05) is 31.3 Å². The lowest BCUT2D eigenvalue weighted by atomic mass is 10.1. The summed E-state index contributed by atoms with van der Waals surface area (Å²) in [5.41, 5.74) is 7.90. The number of hydrogen-bond donors (Lipinski definition) is 2. The molecule has 0 bridgehead atoms. The second-order valence-corrected chi connectivity index (χ2v) is 3.78. The second-order valence-electron chi connectivity index (χ2n) is 3.78. The molecule has 0 saturated carbocycles. The van der Waals surface area contributed by atoms with Gasteiger partial charge in [-0.1, -0.05) is 5.92 Å². The molecule has 0 unspecified atom stereocenters. The van der Waals surface area contributed by atoms with E-state index in [0.29, 0.717) is 17.8 Å². The van der Waals surface area contributed by atoms with E-state index in [1.165, 1.54) is 0 Å². The number of benzene rings is 1. The van der Waals surface area contributed by atoms with Gasteiger partial charge in [0.25, 0.3) is 5.91 Å². The lowest BCUT2D eigenvalue weighted by molar-refractivity contribution is 0.0959. The van der Waals surface area contributed by atoms with E-state index in [1.54, 1.807) is 19.1 Å². The quantitative estimate of drug-likeness (QED) is 0.604. The molecule has 0 radical (unpaired) electrons. The Morgan fingerprint density at radius 1 is 1.47 bits per heavy atom. The molecule has 0 fully saturated rings. The van der Waals surface area contributed by atoms with Crippen molar-refractivity contribution >= 4 is 17.3 Å². The highest BCUT2D eigenvalue weighted by atomic mass is 16.1. The molecule has 3 N–H and O–H groups in total. The van der Waals surface area contributed by atoms with E-state index in [0.717, 1.165) is 5.69 Å². The van der Waals surface area contributed by atoms with Gasteiger partial charge in [0.15, 0.2) is 0 Å². The number of hydrogen-bond acceptors (Lipinski definition) is 3. The van der Waals surface area contributed by atoms with Crippen LogP contribution in [0.3, 0.4) is 0 Å². The van der Waals surface area contributed by atoms with Crippen molar-refractivity contribution < 1.29 is 4.79 Å². The van der Waals surface area contributed by atoms with Crippen molar-refractivity contribution in [2.45, 2.75) is 6.92 Å². The van der Waals surface area contributed by atoms with E-state index >= 15 is 0 Å². The third-order valence-corrected chi connectivity index (χ3v) is 2.29. The first-order valence-corrected chi connectivity index (χ1v) is 5.31. The molecule has 0 aliphatic heterocycles. The zero-order chi connectivity index (χ0) is 12.8. The molecule has 17 heavy (non-hydrogen) atoms. The summed E-state index contributed by atoms with van der Waals surface area (Å²) in [6, 6.07) is 5.25. The van der Waals surface area contributed by atoms with Crippen LogP contribution in [0.25, 0.3) is 0 Å². The smallest absolute Gasteiger partial charge is 0.252 e. The summed E-state index contributed by atoms with van der Waals surface area (Å²) in [4.78, 5) is 13.6. The van der Waals surface area contributed by atoms with Gasteiger partial charge < -0.3 is 16.0 Å². The summed E-state index contributed by atoms with van der Waals surface area (Å²) in [6.45, 7) is 2.08. The van der Waals surface area contributed by atoms with E-state index in [4.69, 9.17) is 5.73 Å². The molecule has 1 aromatic rings. The van der Waals surface area contributed by atoms with Gasteiger partial charge in [0.2, 0.25) is 0 Å². The first-order chi connectivity index (χ1) is 8.06. The minimum absolute atomic E-state index is 0.162. The predicted molar refractivity (Wildman–Crippen MR) is 71.0 cm³/mol. The van der Waals surface area contributed by atoms with Crippen molar-refractivity contribution in [3.05, 3.63) is 23.8 Å². The highest BCUT2D eigenvalue weighted by Crippen LogP contribution is 2.22. The van der Waals surface area contributed by atoms with E-state index in [-0.39, 0.29) is 5.91 Å². The summed E-state index contributed by atoms with van der Waals surface area (Å²) in [5.74, 6) is 5.32. The minimum Gasteiger partial charge on any atom is -0.397 e. The second kappa shape index (κ2) is 5.80. The molecular weight excluding hydrogens is 214 g/mol. The largest absolute Gasteiger partial charge is 0.397 e. The molecule has 1 rings (SSSR count). The number of carbonyl (C=O) groups excluding carboxylic acids is 1. The van der Waals surface area contributed by atoms with Gasteiger partial charge in [-0.15, -0.1) is 5.92 Å². The average molecular weight is 231 g/mol. The molecule has 0 aliphatic carbocycles. The van der Waals surface area contributed by atoms with E-state index < -0.39 is 0 Å². The Balaban J connectivity index is 2.81. The lowest BCUT2D eigenvalue weighted by Gasteiger charge is -2.15. The number of nitrogens with two attached hydrogens (primary N) is 1. The molecule has 0 spiro atoms. The number of nitrogen functional groups attached to an aromatic ring is 1. The molecule has 4 nitrogen and oxygen atoms in total. The highest BCUT2D eigenvalue weighted by Gasteiger charge is 2.08. The molecule has 0 aromatic heterocycles. The summed E-state index contributed by atoms with van der Waals surface area (Å²) >= 11 is 0. The lowest BCUT2D eigenvalue weighted by Crippen LogP contribution is -2.24. The summed E-state index contributed by atoms with van der Waals surface area (Å²) in [6.07, 6.45) is 0. The van der Waals surface area contributed by atoms with Crippen LogP contribution in [0.4, 0.5) is 11.4 Å². The molecule has 1 amide bonds. The van der Waals surface area contributed by atoms with E-state index in [9.17, 15) is 4.79 Å². The number of anilines is 2. The summed E-state index contributed by atoms with van der Waals surface area (Å²) in [5, 5.41) is 2.69. The zero-order valence-corrected chi connectivity index (χ0v) is 10.4. The maximum Gasteiger partial charge on any atom is 0.252 e. The number of rotatable bonds is 3. The Bertz CT molecular complexity index is 469. The van der Waals surface area contributed by atoms with Gasteiger partial charge in [0.05, 0.1) is 17.9 Å². The van der Waals surface area contributed by atoms with Crippen LogP contribution in [-0.2, 0) is 0 Å². The van der Waals surface area contributed by atoms with Crippen molar-refractivity contribution in [2.24, 2.45) is 0 Å². The first kappa shape index (κ1) is 12.9. The normalized spacial score (nSPS) is 9.12. The molecule has 0 saturated heterocycles. The van der Waals surface area contributed by atoms with Crippen LogP contribution in [-0.4, -0.2) is 26.5 Å². The fourth-order valence-corrected chi connectivity index (χ4v) is 1.42. The maximum atomic E-state index is 11.7. The van der Waals surface area contributed by atoms with Crippen molar-refractivity contribution in [3.63, 3.8) is 0 Å². The zero-order valence-electron chi connectivity index (χ0n) is 10.4. The molecule has 0 aliphatic rings. The molecular formula is C13H17N3O. The molecule has 0 atom stereocenters. The summed E-state index contributed by atoms with van der Waals surface area (Å²) < 4.78 is 0. The van der Waals surface area contributed by atoms with Gasteiger partial charge in [0.1, 0.15) is 0 Å². The topological polar surface area (TPSA) is 58.4 Å². The van der Waals surface area contributed by atoms with Gasteiger partial charge in [-0.3, -0.25) is 4.79 Å². The maximum absolute atomic E-state index is 11.7. The monoisotopic (exact) mass is 231 g/mol. The van der Waals surface area contributed by atoms with Gasteiger partial charge in [-0.25, -0.2) is 0 Å². The fourth-order valence-electron chi connectivity index (χ4n) is 1.42. The van der Waals surface area contributed by atoms with Crippen LogP contribution in [0.15, 0.2) is 18.2 Å². The Labute approximate surface area is 102 Å². The summed E-state index contributed by atoms with van der Waals surface area (Å²) in [7, 11) is 3.81. The third-order valence-electron chi connectivity index (χ3n) is 2.29. The molecule has 1 aromatic carbocycles. The number of amides is 1. The Kier molecular flexibility index (Phi) is 4.41. The SMILES string of the molecule is CC#CCNC(=O)c1ccc(N(C)C)c(N)c1. The third kappa shape index (κ3) is 3.42. The van der Waals surface area contributed by atoms with Crippen LogP contribution in [0.5, 0.6) is 0 Å². The van der Waals surface area contributed by atoms with E-state index in [1.807, 2.05) is 25.1 Å². The Morgan fingerprint density at radius 2 is 2.18 bits per heavy atom. The fraction of sp³-hybridized carbons (Fsp3) is 0.308. The minimum atomic E-state index is -0.162. The number of carbonyl (C=O) groups is 1. The molecule has 90 valence electrons. The van der Waals surface area contributed by atoms with Crippen LogP contribution in [0.2, 0.25) is 0 Å². The Hall–Kier alpha value is -2.15. The standard InChI is InChI=1S/C13H17N3O/c1-4-5-8-15-13(17)10-6-7-12(16(2)3)11(14)9-10/h6-7,9H,8,14H2,1-3H3,(H,15,17).